The van der Waals surface area contributed by atoms with Crippen LogP contribution in [0.25, 0.3) is 0 Å². The highest BCUT2D eigenvalue weighted by Gasteiger charge is 2.26. The van der Waals surface area contributed by atoms with E-state index in [9.17, 15) is 13.2 Å². The van der Waals surface area contributed by atoms with Gasteiger partial charge in [-0.15, -0.1) is 0 Å². The van der Waals surface area contributed by atoms with Crippen molar-refractivity contribution in [3.63, 3.8) is 0 Å². The molecular formula is C22H28N2O4S. The summed E-state index contributed by atoms with van der Waals surface area (Å²) >= 11 is 0. The largest absolute Gasteiger partial charge is 0.493 e. The number of hydrogen-bond acceptors (Lipinski definition) is 4. The molecule has 1 heterocycles. The Bertz CT molecular complexity index is 920. The van der Waals surface area contributed by atoms with E-state index in [1.165, 1.54) is 4.31 Å². The van der Waals surface area contributed by atoms with Crippen LogP contribution in [0, 0.1) is 6.92 Å². The fraction of sp³-hybridized carbons (Fsp3) is 0.409. The standard InChI is InChI=1S/C22H28N2O4S/c1-18-7-2-3-8-21(18)28-16-6-9-22(25)23-17-19-10-12-20(13-11-19)29(26,27)24-14-4-5-15-24/h2-3,7-8,10-13H,4-6,9,14-17H2,1H3,(H,23,25). The van der Waals surface area contributed by atoms with Crippen molar-refractivity contribution in [3.05, 3.63) is 59.7 Å². The van der Waals surface area contributed by atoms with Gasteiger partial charge in [-0.3, -0.25) is 4.79 Å². The van der Waals surface area contributed by atoms with Gasteiger partial charge in [0.25, 0.3) is 0 Å². The Kier molecular flexibility index (Phi) is 7.28. The quantitative estimate of drug-likeness (QED) is 0.637. The summed E-state index contributed by atoms with van der Waals surface area (Å²) in [7, 11) is -3.40. The Morgan fingerprint density at radius 3 is 2.45 bits per heavy atom. The predicted molar refractivity (Wildman–Crippen MR) is 112 cm³/mol. The maximum atomic E-state index is 12.5. The molecular weight excluding hydrogens is 388 g/mol. The fourth-order valence-corrected chi connectivity index (χ4v) is 4.80. The number of para-hydroxylation sites is 1. The topological polar surface area (TPSA) is 75.7 Å². The van der Waals surface area contributed by atoms with Crippen molar-refractivity contribution in [2.75, 3.05) is 19.7 Å². The lowest BCUT2D eigenvalue weighted by molar-refractivity contribution is -0.121. The number of carbonyl (C=O) groups excluding carboxylic acids is 1. The van der Waals surface area contributed by atoms with Gasteiger partial charge < -0.3 is 10.1 Å². The molecule has 7 heteroatoms. The van der Waals surface area contributed by atoms with Gasteiger partial charge in [-0.25, -0.2) is 8.42 Å². The van der Waals surface area contributed by atoms with Crippen LogP contribution in [0.5, 0.6) is 5.75 Å². The van der Waals surface area contributed by atoms with Gasteiger partial charge >= 0.3 is 0 Å². The van der Waals surface area contributed by atoms with Crippen LogP contribution in [0.4, 0.5) is 0 Å². The molecule has 2 aromatic carbocycles. The minimum Gasteiger partial charge on any atom is -0.493 e. The van der Waals surface area contributed by atoms with E-state index in [0.29, 0.717) is 44.0 Å². The molecule has 0 atom stereocenters. The van der Waals surface area contributed by atoms with E-state index in [-0.39, 0.29) is 5.91 Å². The minimum absolute atomic E-state index is 0.0489. The molecule has 3 rings (SSSR count). The summed E-state index contributed by atoms with van der Waals surface area (Å²) in [5, 5.41) is 2.87. The van der Waals surface area contributed by atoms with E-state index >= 15 is 0 Å². The molecule has 2 aromatic rings. The second kappa shape index (κ2) is 9.89. The molecule has 1 amide bonds. The number of nitrogens with one attached hydrogen (secondary N) is 1. The average Bonchev–Trinajstić information content (AvgIpc) is 3.27. The summed E-state index contributed by atoms with van der Waals surface area (Å²) in [6, 6.07) is 14.5. The van der Waals surface area contributed by atoms with Crippen molar-refractivity contribution in [2.45, 2.75) is 44.0 Å². The second-order valence-electron chi connectivity index (χ2n) is 7.25. The third-order valence-electron chi connectivity index (χ3n) is 5.02. The van der Waals surface area contributed by atoms with Gasteiger partial charge in [-0.05, 0) is 55.5 Å². The number of carbonyl (C=O) groups is 1. The lowest BCUT2D eigenvalue weighted by Gasteiger charge is -2.15. The van der Waals surface area contributed by atoms with Crippen molar-refractivity contribution < 1.29 is 17.9 Å². The predicted octanol–water partition coefficient (Wildman–Crippen LogP) is 3.25. The highest BCUT2D eigenvalue weighted by Crippen LogP contribution is 2.21. The summed E-state index contributed by atoms with van der Waals surface area (Å²) < 4.78 is 32.3. The third-order valence-corrected chi connectivity index (χ3v) is 6.93. The molecule has 0 bridgehead atoms. The monoisotopic (exact) mass is 416 g/mol. The third kappa shape index (κ3) is 5.81. The fourth-order valence-electron chi connectivity index (χ4n) is 3.28. The zero-order chi connectivity index (χ0) is 20.7. The number of hydrogen-bond donors (Lipinski definition) is 1. The number of sulfonamides is 1. The van der Waals surface area contributed by atoms with Gasteiger partial charge in [0.2, 0.25) is 15.9 Å². The molecule has 1 fully saturated rings. The number of aryl methyl sites for hydroxylation is 1. The normalized spacial score (nSPS) is 14.7. The van der Waals surface area contributed by atoms with Crippen LogP contribution in [0.15, 0.2) is 53.4 Å². The number of benzene rings is 2. The van der Waals surface area contributed by atoms with Crippen molar-refractivity contribution in [3.8, 4) is 5.75 Å². The van der Waals surface area contributed by atoms with Crippen LogP contribution in [0.1, 0.15) is 36.8 Å². The Morgan fingerprint density at radius 2 is 1.76 bits per heavy atom. The van der Waals surface area contributed by atoms with Crippen LogP contribution < -0.4 is 10.1 Å². The van der Waals surface area contributed by atoms with Crippen molar-refractivity contribution in [1.29, 1.82) is 0 Å². The summed E-state index contributed by atoms with van der Waals surface area (Å²) in [6.45, 7) is 4.04. The van der Waals surface area contributed by atoms with Gasteiger partial charge in [-0.2, -0.15) is 4.31 Å². The molecule has 0 unspecified atom stereocenters. The smallest absolute Gasteiger partial charge is 0.243 e. The summed E-state index contributed by atoms with van der Waals surface area (Å²) in [5.74, 6) is 0.795. The van der Waals surface area contributed by atoms with Crippen LogP contribution in [0.3, 0.4) is 0 Å². The summed E-state index contributed by atoms with van der Waals surface area (Å²) in [5.41, 5.74) is 1.95. The van der Waals surface area contributed by atoms with E-state index in [4.69, 9.17) is 4.74 Å². The van der Waals surface area contributed by atoms with Crippen LogP contribution >= 0.6 is 0 Å². The first-order valence-electron chi connectivity index (χ1n) is 10.0. The highest BCUT2D eigenvalue weighted by molar-refractivity contribution is 7.89. The van der Waals surface area contributed by atoms with E-state index in [1.807, 2.05) is 31.2 Å². The molecule has 0 saturated carbocycles. The molecule has 1 N–H and O–H groups in total. The Balaban J connectivity index is 1.40. The van der Waals surface area contributed by atoms with Gasteiger partial charge in [-0.1, -0.05) is 30.3 Å². The van der Waals surface area contributed by atoms with E-state index < -0.39 is 10.0 Å². The molecule has 156 valence electrons. The van der Waals surface area contributed by atoms with Crippen LogP contribution in [0.2, 0.25) is 0 Å². The molecule has 0 spiro atoms. The molecule has 0 aromatic heterocycles. The van der Waals surface area contributed by atoms with Gasteiger partial charge in [0.15, 0.2) is 0 Å². The lowest BCUT2D eigenvalue weighted by Crippen LogP contribution is -2.28. The molecule has 1 aliphatic rings. The van der Waals surface area contributed by atoms with E-state index in [2.05, 4.69) is 5.32 Å². The molecule has 29 heavy (non-hydrogen) atoms. The van der Waals surface area contributed by atoms with Gasteiger partial charge in [0.05, 0.1) is 11.5 Å². The van der Waals surface area contributed by atoms with Gasteiger partial charge in [0.1, 0.15) is 5.75 Å². The molecule has 1 aliphatic heterocycles. The minimum atomic E-state index is -3.40. The van der Waals surface area contributed by atoms with E-state index in [1.54, 1.807) is 24.3 Å². The maximum absolute atomic E-state index is 12.5. The number of ether oxygens (including phenoxy) is 1. The van der Waals surface area contributed by atoms with Crippen LogP contribution in [-0.2, 0) is 21.4 Å². The SMILES string of the molecule is Cc1ccccc1OCCCC(=O)NCc1ccc(S(=O)(=O)N2CCCC2)cc1. The van der Waals surface area contributed by atoms with E-state index in [0.717, 1.165) is 29.7 Å². The zero-order valence-electron chi connectivity index (χ0n) is 16.8. The number of amides is 1. The Labute approximate surface area is 172 Å². The summed E-state index contributed by atoms with van der Waals surface area (Å²) in [4.78, 5) is 12.3. The first-order valence-corrected chi connectivity index (χ1v) is 11.4. The highest BCUT2D eigenvalue weighted by atomic mass is 32.2. The molecule has 6 nitrogen and oxygen atoms in total. The zero-order valence-corrected chi connectivity index (χ0v) is 17.6. The number of rotatable bonds is 9. The Hall–Kier alpha value is -2.38. The first-order chi connectivity index (χ1) is 14.0. The number of nitrogens with zero attached hydrogens (tertiary/aromatic N) is 1. The lowest BCUT2D eigenvalue weighted by atomic mass is 10.2. The van der Waals surface area contributed by atoms with Crippen LogP contribution in [-0.4, -0.2) is 38.3 Å². The van der Waals surface area contributed by atoms with Crippen molar-refractivity contribution in [1.82, 2.24) is 9.62 Å². The maximum Gasteiger partial charge on any atom is 0.243 e. The van der Waals surface area contributed by atoms with Crippen molar-refractivity contribution >= 4 is 15.9 Å². The second-order valence-corrected chi connectivity index (χ2v) is 9.19. The summed E-state index contributed by atoms with van der Waals surface area (Å²) in [6.07, 6.45) is 2.85. The van der Waals surface area contributed by atoms with Crippen molar-refractivity contribution in [2.24, 2.45) is 0 Å². The molecule has 1 saturated heterocycles. The Morgan fingerprint density at radius 1 is 1.07 bits per heavy atom. The van der Waals surface area contributed by atoms with Gasteiger partial charge in [0, 0.05) is 26.1 Å². The molecule has 0 aliphatic carbocycles. The molecule has 0 radical (unpaired) electrons. The average molecular weight is 417 g/mol. The first kappa shape index (κ1) is 21.3.